The van der Waals surface area contributed by atoms with Crippen LogP contribution in [0.2, 0.25) is 16.6 Å². The molecule has 30 heavy (non-hydrogen) atoms. The van der Waals surface area contributed by atoms with Crippen molar-refractivity contribution in [2.75, 3.05) is 7.11 Å². The van der Waals surface area contributed by atoms with Gasteiger partial charge in [0.05, 0.1) is 23.2 Å². The highest BCUT2D eigenvalue weighted by atomic mass is 28.4. The van der Waals surface area contributed by atoms with Crippen molar-refractivity contribution in [2.24, 2.45) is 0 Å². The first-order valence-electron chi connectivity index (χ1n) is 10.2. The van der Waals surface area contributed by atoms with Crippen molar-refractivity contribution < 1.29 is 18.9 Å². The molecular formula is C23H31NO5Si. The minimum Gasteiger partial charge on any atom is -0.543 e. The number of nitro benzene ring substituents is 1. The van der Waals surface area contributed by atoms with Crippen molar-refractivity contribution in [1.82, 2.24) is 0 Å². The number of benzene rings is 2. The lowest BCUT2D eigenvalue weighted by atomic mass is 10.0. The number of rotatable bonds is 8. The summed E-state index contributed by atoms with van der Waals surface area (Å²) in [5.74, 6) is 0.237. The van der Waals surface area contributed by atoms with Gasteiger partial charge in [-0.1, -0.05) is 53.7 Å². The van der Waals surface area contributed by atoms with E-state index >= 15 is 0 Å². The molecule has 0 saturated carbocycles. The van der Waals surface area contributed by atoms with Crippen LogP contribution < -0.4 is 4.43 Å². The minimum absolute atomic E-state index is 0.0633. The average Bonchev–Trinajstić information content (AvgIpc) is 2.70. The molecule has 0 N–H and O–H groups in total. The summed E-state index contributed by atoms with van der Waals surface area (Å²) in [6.07, 6.45) is 0. The van der Waals surface area contributed by atoms with Gasteiger partial charge in [0.1, 0.15) is 5.75 Å². The molecule has 6 nitrogen and oxygen atoms in total. The molecule has 2 rings (SSSR count). The van der Waals surface area contributed by atoms with Gasteiger partial charge in [-0.25, -0.2) is 4.79 Å². The summed E-state index contributed by atoms with van der Waals surface area (Å²) in [5, 5.41) is 11.5. The number of hydrogen-bond acceptors (Lipinski definition) is 5. The van der Waals surface area contributed by atoms with Crippen molar-refractivity contribution in [1.29, 1.82) is 0 Å². The first-order chi connectivity index (χ1) is 14.0. The highest BCUT2D eigenvalue weighted by Crippen LogP contribution is 2.43. The Labute approximate surface area is 179 Å². The van der Waals surface area contributed by atoms with E-state index in [9.17, 15) is 14.9 Å². The molecule has 0 heterocycles. The molecule has 0 radical (unpaired) electrons. The number of carbonyl (C=O) groups is 1. The molecule has 0 saturated heterocycles. The van der Waals surface area contributed by atoms with Gasteiger partial charge in [0.25, 0.3) is 14.0 Å². The molecule has 2 aromatic rings. The number of hydrogen-bond donors (Lipinski definition) is 0. The van der Waals surface area contributed by atoms with Crippen LogP contribution in [0.4, 0.5) is 5.69 Å². The molecule has 0 aliphatic rings. The number of methoxy groups -OCH3 is 1. The van der Waals surface area contributed by atoms with E-state index in [2.05, 4.69) is 41.5 Å². The van der Waals surface area contributed by atoms with Gasteiger partial charge in [0.2, 0.25) is 0 Å². The summed E-state index contributed by atoms with van der Waals surface area (Å²) in [5.41, 5.74) is 2.54. The average molecular weight is 430 g/mol. The lowest BCUT2D eigenvalue weighted by Crippen LogP contribution is -2.50. The van der Waals surface area contributed by atoms with Crippen LogP contribution in [0.25, 0.3) is 11.1 Å². The van der Waals surface area contributed by atoms with E-state index in [0.29, 0.717) is 27.8 Å². The molecule has 0 fully saturated rings. The normalized spacial score (nSPS) is 11.8. The zero-order valence-corrected chi connectivity index (χ0v) is 19.8. The highest BCUT2D eigenvalue weighted by Gasteiger charge is 2.46. The smallest absolute Gasteiger partial charge is 0.337 e. The Bertz CT molecular complexity index is 885. The van der Waals surface area contributed by atoms with Crippen LogP contribution in [-0.2, 0) is 4.74 Å². The molecule has 0 aliphatic carbocycles. The number of ether oxygens (including phenoxy) is 1. The lowest BCUT2D eigenvalue weighted by molar-refractivity contribution is -0.384. The van der Waals surface area contributed by atoms with Gasteiger partial charge in [-0.05, 0) is 46.5 Å². The van der Waals surface area contributed by atoms with Crippen LogP contribution in [0.15, 0.2) is 42.5 Å². The Balaban J connectivity index is 2.47. The van der Waals surface area contributed by atoms with E-state index in [1.807, 2.05) is 12.1 Å². The molecule has 0 spiro atoms. The summed E-state index contributed by atoms with van der Waals surface area (Å²) in [7, 11) is -0.810. The van der Waals surface area contributed by atoms with Crippen molar-refractivity contribution in [2.45, 2.75) is 58.2 Å². The molecule has 162 valence electrons. The van der Waals surface area contributed by atoms with Crippen molar-refractivity contribution in [3.05, 3.63) is 58.1 Å². The van der Waals surface area contributed by atoms with Crippen LogP contribution in [-0.4, -0.2) is 26.3 Å². The molecule has 7 heteroatoms. The third kappa shape index (κ3) is 4.56. The molecular weight excluding hydrogens is 398 g/mol. The summed E-state index contributed by atoms with van der Waals surface area (Å²) < 4.78 is 11.4. The third-order valence-electron chi connectivity index (χ3n) is 5.78. The van der Waals surface area contributed by atoms with Crippen LogP contribution in [0.5, 0.6) is 5.75 Å². The van der Waals surface area contributed by atoms with Crippen LogP contribution in [0.1, 0.15) is 51.9 Å². The van der Waals surface area contributed by atoms with Gasteiger partial charge in [0, 0.05) is 6.07 Å². The highest BCUT2D eigenvalue weighted by molar-refractivity contribution is 6.78. The SMILES string of the molecule is COC(=O)c1ccc([N+](=O)[O-])c(-c2ccc(O[Si](C(C)C)(C(C)C)C(C)C)cc2)c1. The minimum atomic E-state index is -2.09. The molecule has 0 aromatic heterocycles. The second kappa shape index (κ2) is 9.43. The first-order valence-corrected chi connectivity index (χ1v) is 12.3. The monoisotopic (exact) mass is 429 g/mol. The zero-order chi connectivity index (χ0) is 22.6. The Morgan fingerprint density at radius 1 is 0.933 bits per heavy atom. The first kappa shape index (κ1) is 23.6. The Morgan fingerprint density at radius 2 is 1.47 bits per heavy atom. The number of esters is 1. The molecule has 0 bridgehead atoms. The molecule has 0 amide bonds. The summed E-state index contributed by atoms with van der Waals surface area (Å²) in [6.45, 7) is 13.3. The fourth-order valence-electron chi connectivity index (χ4n) is 4.43. The van der Waals surface area contributed by atoms with E-state index in [1.165, 1.54) is 25.3 Å². The van der Waals surface area contributed by atoms with Crippen molar-refractivity contribution in [3.63, 3.8) is 0 Å². The van der Waals surface area contributed by atoms with Gasteiger partial charge in [0.15, 0.2) is 0 Å². The Kier molecular flexibility index (Phi) is 7.42. The second-order valence-electron chi connectivity index (χ2n) is 8.42. The fraction of sp³-hybridized carbons (Fsp3) is 0.435. The van der Waals surface area contributed by atoms with E-state index in [-0.39, 0.29) is 11.3 Å². The molecule has 0 unspecified atom stereocenters. The topological polar surface area (TPSA) is 78.7 Å². The summed E-state index contributed by atoms with van der Waals surface area (Å²) >= 11 is 0. The van der Waals surface area contributed by atoms with E-state index in [1.54, 1.807) is 12.1 Å². The zero-order valence-electron chi connectivity index (χ0n) is 18.8. The standard InChI is InChI=1S/C23H31NO5Si/c1-15(2)30(16(3)4,17(5)6)29-20-11-8-18(9-12-20)21-14-19(23(25)28-7)10-13-22(21)24(26)27/h8-17H,1-7H3. The van der Waals surface area contributed by atoms with Crippen molar-refractivity contribution >= 4 is 20.0 Å². The van der Waals surface area contributed by atoms with Crippen LogP contribution in [0.3, 0.4) is 0 Å². The molecule has 0 atom stereocenters. The maximum atomic E-state index is 11.9. The summed E-state index contributed by atoms with van der Waals surface area (Å²) in [6, 6.07) is 11.6. The van der Waals surface area contributed by atoms with E-state index < -0.39 is 19.2 Å². The van der Waals surface area contributed by atoms with Gasteiger partial charge in [-0.15, -0.1) is 0 Å². The molecule has 0 aliphatic heterocycles. The number of nitro groups is 1. The van der Waals surface area contributed by atoms with Gasteiger partial charge >= 0.3 is 5.97 Å². The van der Waals surface area contributed by atoms with E-state index in [0.717, 1.165) is 5.75 Å². The Hall–Kier alpha value is -2.67. The maximum Gasteiger partial charge on any atom is 0.337 e. The second-order valence-corrected chi connectivity index (χ2v) is 13.8. The third-order valence-corrected chi connectivity index (χ3v) is 11.8. The molecule has 2 aromatic carbocycles. The fourth-order valence-corrected chi connectivity index (χ4v) is 9.68. The number of nitrogens with zero attached hydrogens (tertiary/aromatic N) is 1. The largest absolute Gasteiger partial charge is 0.543 e. The van der Waals surface area contributed by atoms with Gasteiger partial charge in [-0.2, -0.15) is 0 Å². The quantitative estimate of drug-likeness (QED) is 0.204. The van der Waals surface area contributed by atoms with Crippen molar-refractivity contribution in [3.8, 4) is 16.9 Å². The predicted octanol–water partition coefficient (Wildman–Crippen LogP) is 6.60. The van der Waals surface area contributed by atoms with Gasteiger partial charge < -0.3 is 9.16 Å². The van der Waals surface area contributed by atoms with Crippen LogP contribution in [0, 0.1) is 10.1 Å². The Morgan fingerprint density at radius 3 is 1.90 bits per heavy atom. The van der Waals surface area contributed by atoms with E-state index in [4.69, 9.17) is 9.16 Å². The maximum absolute atomic E-state index is 11.9. The predicted molar refractivity (Wildman–Crippen MR) is 122 cm³/mol. The summed E-state index contributed by atoms with van der Waals surface area (Å²) in [4.78, 5) is 22.9. The van der Waals surface area contributed by atoms with Crippen LogP contribution >= 0.6 is 0 Å². The van der Waals surface area contributed by atoms with Gasteiger partial charge in [-0.3, -0.25) is 10.1 Å². The lowest BCUT2D eigenvalue weighted by Gasteiger charge is -2.42. The number of carbonyl (C=O) groups excluding carboxylic acids is 1.